The number of para-hydroxylation sites is 1. The van der Waals surface area contributed by atoms with E-state index in [-0.39, 0.29) is 5.91 Å². The number of nitrogens with one attached hydrogen (secondary N) is 1. The number of hydrogen-bond acceptors (Lipinski definition) is 4. The normalized spacial score (nSPS) is 15.1. The van der Waals surface area contributed by atoms with Crippen molar-refractivity contribution in [1.82, 2.24) is 10.3 Å². The number of anilines is 2. The summed E-state index contributed by atoms with van der Waals surface area (Å²) in [4.78, 5) is 19.2. The van der Waals surface area contributed by atoms with Crippen molar-refractivity contribution in [2.45, 2.75) is 25.8 Å². The van der Waals surface area contributed by atoms with E-state index in [4.69, 9.17) is 4.74 Å². The Labute approximate surface area is 171 Å². The zero-order chi connectivity index (χ0) is 20.2. The lowest BCUT2D eigenvalue weighted by molar-refractivity contribution is 0.0954. The number of carbonyl (C=O) groups is 1. The zero-order valence-electron chi connectivity index (χ0n) is 16.8. The molecule has 5 heteroatoms. The molecule has 1 unspecified atom stereocenters. The Balaban J connectivity index is 1.42. The van der Waals surface area contributed by atoms with Crippen LogP contribution in [0.2, 0.25) is 0 Å². The molecule has 4 rings (SSSR count). The molecule has 1 amide bonds. The maximum absolute atomic E-state index is 12.6. The van der Waals surface area contributed by atoms with E-state index in [0.717, 1.165) is 29.8 Å². The van der Waals surface area contributed by atoms with Crippen molar-refractivity contribution < 1.29 is 9.53 Å². The van der Waals surface area contributed by atoms with Gasteiger partial charge in [-0.15, -0.1) is 0 Å². The summed E-state index contributed by atoms with van der Waals surface area (Å²) in [5.74, 6) is 0.728. The number of carbonyl (C=O) groups excluding carboxylic acids is 1. The van der Waals surface area contributed by atoms with Gasteiger partial charge in [-0.3, -0.25) is 9.78 Å². The van der Waals surface area contributed by atoms with Crippen molar-refractivity contribution in [2.24, 2.45) is 0 Å². The van der Waals surface area contributed by atoms with E-state index in [2.05, 4.69) is 40.3 Å². The van der Waals surface area contributed by atoms with Gasteiger partial charge in [-0.2, -0.15) is 0 Å². The van der Waals surface area contributed by atoms with Crippen LogP contribution in [0.25, 0.3) is 0 Å². The van der Waals surface area contributed by atoms with E-state index < -0.39 is 0 Å². The van der Waals surface area contributed by atoms with Crippen molar-refractivity contribution in [1.29, 1.82) is 0 Å². The molecule has 148 valence electrons. The summed E-state index contributed by atoms with van der Waals surface area (Å²) in [5, 5.41) is 3.00. The second-order valence-electron chi connectivity index (χ2n) is 7.34. The van der Waals surface area contributed by atoms with Crippen molar-refractivity contribution in [2.75, 3.05) is 18.6 Å². The van der Waals surface area contributed by atoms with Crippen LogP contribution >= 0.6 is 0 Å². The van der Waals surface area contributed by atoms with Crippen LogP contribution in [-0.2, 0) is 12.8 Å². The lowest BCUT2D eigenvalue weighted by Gasteiger charge is -2.25. The molecule has 1 aliphatic rings. The van der Waals surface area contributed by atoms with E-state index in [1.54, 1.807) is 13.3 Å². The molecule has 2 heterocycles. The predicted molar refractivity (Wildman–Crippen MR) is 115 cm³/mol. The van der Waals surface area contributed by atoms with Gasteiger partial charge in [0.15, 0.2) is 0 Å². The summed E-state index contributed by atoms with van der Waals surface area (Å²) in [5.41, 5.74) is 5.20. The van der Waals surface area contributed by atoms with E-state index >= 15 is 0 Å². The van der Waals surface area contributed by atoms with Gasteiger partial charge in [-0.1, -0.05) is 30.3 Å². The molecule has 0 radical (unpaired) electrons. The highest BCUT2D eigenvalue weighted by Gasteiger charge is 2.27. The highest BCUT2D eigenvalue weighted by molar-refractivity contribution is 5.95. The molecule has 29 heavy (non-hydrogen) atoms. The van der Waals surface area contributed by atoms with Crippen molar-refractivity contribution in [3.8, 4) is 5.75 Å². The van der Waals surface area contributed by atoms with Crippen LogP contribution in [0.15, 0.2) is 67.0 Å². The Morgan fingerprint density at radius 1 is 1.17 bits per heavy atom. The van der Waals surface area contributed by atoms with Crippen LogP contribution in [0.5, 0.6) is 5.75 Å². The van der Waals surface area contributed by atoms with Gasteiger partial charge in [-0.05, 0) is 55.2 Å². The summed E-state index contributed by atoms with van der Waals surface area (Å²) in [6.07, 6.45) is 5.21. The zero-order valence-corrected chi connectivity index (χ0v) is 16.8. The molecule has 5 nitrogen and oxygen atoms in total. The Morgan fingerprint density at radius 3 is 2.76 bits per heavy atom. The second kappa shape index (κ2) is 8.35. The van der Waals surface area contributed by atoms with Gasteiger partial charge in [0.25, 0.3) is 5.91 Å². The fourth-order valence-corrected chi connectivity index (χ4v) is 3.86. The van der Waals surface area contributed by atoms with Crippen molar-refractivity contribution in [3.63, 3.8) is 0 Å². The number of amides is 1. The molecule has 1 aliphatic heterocycles. The molecular weight excluding hydrogens is 362 g/mol. The first kappa shape index (κ1) is 19.0. The number of pyridine rings is 1. The summed E-state index contributed by atoms with van der Waals surface area (Å²) in [6, 6.07) is 18.6. The summed E-state index contributed by atoms with van der Waals surface area (Å²) in [6.45, 7) is 2.76. The van der Waals surface area contributed by atoms with E-state index in [9.17, 15) is 4.79 Å². The Hall–Kier alpha value is -3.34. The van der Waals surface area contributed by atoms with E-state index in [0.29, 0.717) is 18.2 Å². The molecule has 1 aromatic heterocycles. The molecule has 3 aromatic rings. The SMILES string of the molecule is COc1ccc(CCNC(=O)c2cncc(N3c4ccccc4CC3C)c2)cc1. The Kier molecular flexibility index (Phi) is 5.47. The molecule has 0 spiro atoms. The Morgan fingerprint density at radius 2 is 1.97 bits per heavy atom. The van der Waals surface area contributed by atoms with Gasteiger partial charge in [0.05, 0.1) is 24.6 Å². The first-order valence-corrected chi connectivity index (χ1v) is 9.89. The summed E-state index contributed by atoms with van der Waals surface area (Å²) >= 11 is 0. The van der Waals surface area contributed by atoms with Crippen LogP contribution in [0.4, 0.5) is 11.4 Å². The fraction of sp³-hybridized carbons (Fsp3) is 0.250. The van der Waals surface area contributed by atoms with Crippen LogP contribution in [0, 0.1) is 0 Å². The van der Waals surface area contributed by atoms with E-state index in [1.165, 1.54) is 11.3 Å². The number of ether oxygens (including phenoxy) is 1. The van der Waals surface area contributed by atoms with Crippen LogP contribution < -0.4 is 15.0 Å². The van der Waals surface area contributed by atoms with Crippen LogP contribution in [0.1, 0.15) is 28.4 Å². The topological polar surface area (TPSA) is 54.5 Å². The number of methoxy groups -OCH3 is 1. The third-order valence-corrected chi connectivity index (χ3v) is 5.33. The average molecular weight is 387 g/mol. The minimum atomic E-state index is -0.104. The van der Waals surface area contributed by atoms with Gasteiger partial charge in [0.1, 0.15) is 5.75 Å². The molecule has 1 atom stereocenters. The average Bonchev–Trinajstić information content (AvgIpc) is 3.10. The molecule has 0 saturated heterocycles. The van der Waals surface area contributed by atoms with Crippen molar-refractivity contribution >= 4 is 17.3 Å². The van der Waals surface area contributed by atoms with Gasteiger partial charge >= 0.3 is 0 Å². The maximum Gasteiger partial charge on any atom is 0.252 e. The molecule has 0 fully saturated rings. The number of aromatic nitrogens is 1. The third-order valence-electron chi connectivity index (χ3n) is 5.33. The standard InChI is InChI=1S/C24H25N3O2/c1-17-13-19-5-3-4-6-23(19)27(17)21-14-20(15-25-16-21)24(28)26-12-11-18-7-9-22(29-2)10-8-18/h3-10,14-17H,11-13H2,1-2H3,(H,26,28). The minimum absolute atomic E-state index is 0.104. The quantitative estimate of drug-likeness (QED) is 0.691. The maximum atomic E-state index is 12.6. The van der Waals surface area contributed by atoms with Crippen molar-refractivity contribution in [3.05, 3.63) is 83.7 Å². The molecular formula is C24H25N3O2. The number of fused-ring (bicyclic) bond motifs is 1. The lowest BCUT2D eigenvalue weighted by Crippen LogP contribution is -2.27. The van der Waals surface area contributed by atoms with E-state index in [1.807, 2.05) is 42.6 Å². The predicted octanol–water partition coefficient (Wildman–Crippen LogP) is 4.15. The molecule has 2 aromatic carbocycles. The lowest BCUT2D eigenvalue weighted by atomic mass is 10.1. The molecule has 0 saturated carbocycles. The summed E-state index contributed by atoms with van der Waals surface area (Å²) < 4.78 is 5.17. The number of benzene rings is 2. The first-order valence-electron chi connectivity index (χ1n) is 9.89. The van der Waals surface area contributed by atoms with Gasteiger partial charge in [0.2, 0.25) is 0 Å². The fourth-order valence-electron chi connectivity index (χ4n) is 3.86. The van der Waals surface area contributed by atoms with Crippen LogP contribution in [-0.4, -0.2) is 30.6 Å². The molecule has 1 N–H and O–H groups in total. The van der Waals surface area contributed by atoms with Gasteiger partial charge in [0, 0.05) is 24.5 Å². The second-order valence-corrected chi connectivity index (χ2v) is 7.34. The highest BCUT2D eigenvalue weighted by Crippen LogP contribution is 2.37. The van der Waals surface area contributed by atoms with Gasteiger partial charge in [-0.25, -0.2) is 0 Å². The monoisotopic (exact) mass is 387 g/mol. The number of hydrogen-bond donors (Lipinski definition) is 1. The largest absolute Gasteiger partial charge is 0.497 e. The molecule has 0 bridgehead atoms. The highest BCUT2D eigenvalue weighted by atomic mass is 16.5. The summed E-state index contributed by atoms with van der Waals surface area (Å²) in [7, 11) is 1.65. The Bertz CT molecular complexity index is 1000. The van der Waals surface area contributed by atoms with Gasteiger partial charge < -0.3 is 15.0 Å². The smallest absolute Gasteiger partial charge is 0.252 e. The minimum Gasteiger partial charge on any atom is -0.497 e. The molecule has 0 aliphatic carbocycles. The first-order chi connectivity index (χ1) is 14.2. The number of rotatable bonds is 6. The third kappa shape index (κ3) is 4.09. The number of nitrogens with zero attached hydrogens (tertiary/aromatic N) is 2. The van der Waals surface area contributed by atoms with Crippen LogP contribution in [0.3, 0.4) is 0 Å².